The van der Waals surface area contributed by atoms with Crippen LogP contribution in [0.15, 0.2) is 6.07 Å². The summed E-state index contributed by atoms with van der Waals surface area (Å²) in [5.41, 5.74) is 2.17. The highest BCUT2D eigenvalue weighted by molar-refractivity contribution is 6.31. The molecule has 2 rings (SSSR count). The van der Waals surface area contributed by atoms with Gasteiger partial charge in [0.2, 0.25) is 0 Å². The van der Waals surface area contributed by atoms with E-state index in [1.54, 1.807) is 11.6 Å². The van der Waals surface area contributed by atoms with Crippen LogP contribution in [0.2, 0.25) is 5.02 Å². The summed E-state index contributed by atoms with van der Waals surface area (Å²) in [6.45, 7) is 6.24. The third-order valence-corrected chi connectivity index (χ3v) is 4.07. The lowest BCUT2D eigenvalue weighted by molar-refractivity contribution is -0.392. The Morgan fingerprint density at radius 3 is 2.62 bits per heavy atom. The first-order valence-electron chi connectivity index (χ1n) is 7.44. The summed E-state index contributed by atoms with van der Waals surface area (Å²) in [5.74, 6) is -0.521. The number of rotatable bonds is 7. The van der Waals surface area contributed by atoms with E-state index in [-0.39, 0.29) is 18.3 Å². The smallest absolute Gasteiger partial charge is 0.345 e. The molecule has 0 aromatic carbocycles. The van der Waals surface area contributed by atoms with Crippen molar-refractivity contribution in [3.8, 4) is 0 Å². The highest BCUT2D eigenvalue weighted by Crippen LogP contribution is 2.18. The van der Waals surface area contributed by atoms with Gasteiger partial charge in [-0.25, -0.2) is 0 Å². The van der Waals surface area contributed by atoms with Gasteiger partial charge in [-0.05, 0) is 32.1 Å². The minimum atomic E-state index is -0.556. The molecule has 0 bridgehead atoms. The molecule has 1 amide bonds. The van der Waals surface area contributed by atoms with Gasteiger partial charge in [-0.1, -0.05) is 16.7 Å². The van der Waals surface area contributed by atoms with E-state index < -0.39 is 4.92 Å². The van der Waals surface area contributed by atoms with Crippen molar-refractivity contribution in [2.75, 3.05) is 6.54 Å². The molecule has 0 saturated heterocycles. The van der Waals surface area contributed by atoms with Crippen LogP contribution < -0.4 is 5.32 Å². The van der Waals surface area contributed by atoms with Gasteiger partial charge in [0, 0.05) is 13.1 Å². The van der Waals surface area contributed by atoms with Crippen molar-refractivity contribution in [2.45, 2.75) is 40.3 Å². The first-order valence-corrected chi connectivity index (χ1v) is 7.82. The average molecular weight is 355 g/mol. The lowest BCUT2D eigenvalue weighted by Gasteiger charge is -2.06. The number of nitrogens with one attached hydrogen (secondary N) is 1. The van der Waals surface area contributed by atoms with Gasteiger partial charge >= 0.3 is 5.82 Å². The van der Waals surface area contributed by atoms with E-state index in [9.17, 15) is 14.9 Å². The third-order valence-electron chi connectivity index (χ3n) is 3.52. The van der Waals surface area contributed by atoms with Crippen LogP contribution in [-0.4, -0.2) is 36.9 Å². The minimum absolute atomic E-state index is 0.185. The summed E-state index contributed by atoms with van der Waals surface area (Å²) in [6.07, 6.45) is 0.671. The van der Waals surface area contributed by atoms with Crippen molar-refractivity contribution in [1.82, 2.24) is 24.9 Å². The Bertz CT molecular complexity index is 767. The zero-order valence-corrected chi connectivity index (χ0v) is 14.5. The fourth-order valence-corrected chi connectivity index (χ4v) is 2.47. The maximum atomic E-state index is 11.9. The molecule has 9 nitrogen and oxygen atoms in total. The van der Waals surface area contributed by atoms with Crippen LogP contribution in [0.4, 0.5) is 5.82 Å². The molecule has 2 aromatic heterocycles. The third kappa shape index (κ3) is 4.10. The summed E-state index contributed by atoms with van der Waals surface area (Å²) in [4.78, 5) is 22.2. The second-order valence-electron chi connectivity index (χ2n) is 5.47. The van der Waals surface area contributed by atoms with Gasteiger partial charge < -0.3 is 15.4 Å². The predicted molar refractivity (Wildman–Crippen MR) is 88.0 cm³/mol. The number of nitrogens with zero attached hydrogens (tertiary/aromatic N) is 5. The monoisotopic (exact) mass is 354 g/mol. The van der Waals surface area contributed by atoms with Crippen molar-refractivity contribution >= 4 is 23.3 Å². The molecular weight excluding hydrogens is 336 g/mol. The number of carbonyl (C=O) groups excluding carboxylic acids is 1. The topological polar surface area (TPSA) is 108 Å². The Labute approximate surface area is 143 Å². The van der Waals surface area contributed by atoms with Gasteiger partial charge in [-0.3, -0.25) is 9.48 Å². The largest absolute Gasteiger partial charge is 0.358 e. The molecule has 0 radical (unpaired) electrons. The zero-order valence-electron chi connectivity index (χ0n) is 13.7. The van der Waals surface area contributed by atoms with Gasteiger partial charge in [0.15, 0.2) is 6.54 Å². The Balaban J connectivity index is 1.81. The van der Waals surface area contributed by atoms with Gasteiger partial charge in [0.1, 0.15) is 0 Å². The maximum Gasteiger partial charge on any atom is 0.345 e. The zero-order chi connectivity index (χ0) is 17.9. The lowest BCUT2D eigenvalue weighted by Crippen LogP contribution is -2.29. The van der Waals surface area contributed by atoms with Crippen LogP contribution in [-0.2, 0) is 17.9 Å². The standard InChI is InChI=1S/C14H19ClN6O3/c1-9-7-13(21(23)24)20(17-9)8-12(22)16-5-4-6-19-11(3)14(15)10(2)18-19/h7H,4-6,8H2,1-3H3,(H,16,22). The molecule has 0 spiro atoms. The molecule has 0 aliphatic heterocycles. The molecule has 2 heterocycles. The van der Waals surface area contributed by atoms with E-state index in [1.807, 2.05) is 13.8 Å². The number of aromatic nitrogens is 4. The SMILES string of the molecule is Cc1cc([N+](=O)[O-])n(CC(=O)NCCCn2nc(C)c(Cl)c2C)n1. The minimum Gasteiger partial charge on any atom is -0.358 e. The van der Waals surface area contributed by atoms with Crippen LogP contribution in [0.1, 0.15) is 23.5 Å². The molecule has 130 valence electrons. The highest BCUT2D eigenvalue weighted by atomic mass is 35.5. The van der Waals surface area contributed by atoms with Crippen molar-refractivity contribution in [2.24, 2.45) is 0 Å². The predicted octanol–water partition coefficient (Wildman–Crippen LogP) is 1.77. The highest BCUT2D eigenvalue weighted by Gasteiger charge is 2.19. The van der Waals surface area contributed by atoms with Crippen molar-refractivity contribution < 1.29 is 9.72 Å². The van der Waals surface area contributed by atoms with Gasteiger partial charge in [0.25, 0.3) is 5.91 Å². The molecule has 1 N–H and O–H groups in total. The summed E-state index contributed by atoms with van der Waals surface area (Å²) in [6, 6.07) is 1.33. The summed E-state index contributed by atoms with van der Waals surface area (Å²) in [5, 5.41) is 22.5. The summed E-state index contributed by atoms with van der Waals surface area (Å²) in [7, 11) is 0. The maximum absolute atomic E-state index is 11.9. The average Bonchev–Trinajstić information content (AvgIpc) is 2.99. The summed E-state index contributed by atoms with van der Waals surface area (Å²) >= 11 is 6.08. The molecule has 0 atom stereocenters. The molecule has 0 aliphatic rings. The molecule has 10 heteroatoms. The Morgan fingerprint density at radius 1 is 1.33 bits per heavy atom. The second-order valence-corrected chi connectivity index (χ2v) is 5.85. The van der Waals surface area contributed by atoms with E-state index in [0.29, 0.717) is 30.2 Å². The molecule has 0 aliphatic carbocycles. The Hall–Kier alpha value is -2.42. The Kier molecular flexibility index (Phi) is 5.55. The normalized spacial score (nSPS) is 10.8. The number of nitro groups is 1. The lowest BCUT2D eigenvalue weighted by atomic mass is 10.3. The van der Waals surface area contributed by atoms with E-state index >= 15 is 0 Å². The Morgan fingerprint density at radius 2 is 2.04 bits per heavy atom. The number of hydrogen-bond acceptors (Lipinski definition) is 5. The van der Waals surface area contributed by atoms with E-state index in [2.05, 4.69) is 15.5 Å². The van der Waals surface area contributed by atoms with Gasteiger partial charge in [0.05, 0.1) is 28.2 Å². The summed E-state index contributed by atoms with van der Waals surface area (Å²) < 4.78 is 2.89. The first kappa shape index (κ1) is 17.9. The van der Waals surface area contributed by atoms with Gasteiger partial charge in [-0.15, -0.1) is 4.68 Å². The number of hydrogen-bond donors (Lipinski definition) is 1. The van der Waals surface area contributed by atoms with Crippen molar-refractivity contribution in [3.63, 3.8) is 0 Å². The number of halogens is 1. The van der Waals surface area contributed by atoms with Crippen LogP contribution in [0.25, 0.3) is 0 Å². The van der Waals surface area contributed by atoms with E-state index in [4.69, 9.17) is 11.6 Å². The quantitative estimate of drug-likeness (QED) is 0.463. The molecule has 2 aromatic rings. The first-order chi connectivity index (χ1) is 11.3. The molecule has 0 unspecified atom stereocenters. The second kappa shape index (κ2) is 7.43. The molecule has 0 fully saturated rings. The van der Waals surface area contributed by atoms with Gasteiger partial charge in [-0.2, -0.15) is 5.10 Å². The van der Waals surface area contributed by atoms with E-state index in [0.717, 1.165) is 16.1 Å². The van der Waals surface area contributed by atoms with Crippen LogP contribution in [0.5, 0.6) is 0 Å². The fourth-order valence-electron chi connectivity index (χ4n) is 2.34. The van der Waals surface area contributed by atoms with Crippen molar-refractivity contribution in [3.05, 3.63) is 38.3 Å². The van der Waals surface area contributed by atoms with E-state index in [1.165, 1.54) is 6.07 Å². The fraction of sp³-hybridized carbons (Fsp3) is 0.500. The molecule has 24 heavy (non-hydrogen) atoms. The van der Waals surface area contributed by atoms with Crippen molar-refractivity contribution in [1.29, 1.82) is 0 Å². The van der Waals surface area contributed by atoms with Crippen LogP contribution >= 0.6 is 11.6 Å². The molecule has 0 saturated carbocycles. The molecular formula is C14H19ClN6O3. The number of carbonyl (C=O) groups is 1. The number of amides is 1. The van der Waals surface area contributed by atoms with Crippen LogP contribution in [0.3, 0.4) is 0 Å². The number of aryl methyl sites for hydroxylation is 3. The van der Waals surface area contributed by atoms with Crippen LogP contribution in [0, 0.1) is 30.9 Å².